The first-order valence-corrected chi connectivity index (χ1v) is 6.89. The third-order valence-electron chi connectivity index (χ3n) is 3.42. The van der Waals surface area contributed by atoms with Gasteiger partial charge in [0.2, 0.25) is 0 Å². The number of hydrogen-bond acceptors (Lipinski definition) is 1. The van der Waals surface area contributed by atoms with Gasteiger partial charge in [-0.15, -0.1) is 0 Å². The Hall–Kier alpha value is -1.74. The summed E-state index contributed by atoms with van der Waals surface area (Å²) in [7, 11) is 0. The number of halogens is 2. The van der Waals surface area contributed by atoms with Crippen molar-refractivity contribution in [2.24, 2.45) is 5.73 Å². The van der Waals surface area contributed by atoms with Gasteiger partial charge < -0.3 is 5.73 Å². The van der Waals surface area contributed by atoms with E-state index in [1.165, 1.54) is 11.6 Å². The highest BCUT2D eigenvalue weighted by Gasteiger charge is 2.13. The topological polar surface area (TPSA) is 26.0 Å². The van der Waals surface area contributed by atoms with E-state index in [9.17, 15) is 8.78 Å². The van der Waals surface area contributed by atoms with Crippen molar-refractivity contribution in [3.05, 3.63) is 70.8 Å². The maximum absolute atomic E-state index is 13.6. The Balaban J connectivity index is 2.11. The van der Waals surface area contributed by atoms with Crippen LogP contribution >= 0.6 is 0 Å². The van der Waals surface area contributed by atoms with Crippen LogP contribution in [0.3, 0.4) is 0 Å². The second-order valence-electron chi connectivity index (χ2n) is 5.02. The Labute approximate surface area is 118 Å². The molecular weight excluding hydrogens is 256 g/mol. The highest BCUT2D eigenvalue weighted by atomic mass is 19.2. The lowest BCUT2D eigenvalue weighted by Gasteiger charge is -2.13. The van der Waals surface area contributed by atoms with Crippen LogP contribution in [0.15, 0.2) is 42.5 Å². The van der Waals surface area contributed by atoms with Crippen molar-refractivity contribution in [1.29, 1.82) is 0 Å². The van der Waals surface area contributed by atoms with Gasteiger partial charge in [0.1, 0.15) is 0 Å². The van der Waals surface area contributed by atoms with Gasteiger partial charge in [0.25, 0.3) is 0 Å². The van der Waals surface area contributed by atoms with Gasteiger partial charge in [0.15, 0.2) is 11.6 Å². The van der Waals surface area contributed by atoms with Crippen molar-refractivity contribution in [2.45, 2.75) is 32.2 Å². The third-order valence-corrected chi connectivity index (χ3v) is 3.42. The van der Waals surface area contributed by atoms with Crippen LogP contribution in [-0.2, 0) is 12.8 Å². The zero-order chi connectivity index (χ0) is 14.5. The minimum absolute atomic E-state index is 0.288. The zero-order valence-electron chi connectivity index (χ0n) is 11.6. The molecule has 106 valence electrons. The summed E-state index contributed by atoms with van der Waals surface area (Å²) in [6.45, 7) is 2.13. The van der Waals surface area contributed by atoms with Crippen molar-refractivity contribution in [2.75, 3.05) is 0 Å². The van der Waals surface area contributed by atoms with E-state index in [2.05, 4.69) is 6.92 Å². The number of rotatable bonds is 5. The van der Waals surface area contributed by atoms with Crippen LogP contribution in [0.5, 0.6) is 0 Å². The van der Waals surface area contributed by atoms with Crippen molar-refractivity contribution >= 4 is 0 Å². The summed E-state index contributed by atoms with van der Waals surface area (Å²) in [6, 6.07) is 11.9. The van der Waals surface area contributed by atoms with Crippen LogP contribution in [0, 0.1) is 11.6 Å². The summed E-state index contributed by atoms with van der Waals surface area (Å²) < 4.78 is 26.8. The summed E-state index contributed by atoms with van der Waals surface area (Å²) in [5, 5.41) is 0. The molecule has 0 aliphatic heterocycles. The smallest absolute Gasteiger partial charge is 0.162 e. The largest absolute Gasteiger partial charge is 0.324 e. The van der Waals surface area contributed by atoms with Crippen LogP contribution in [0.1, 0.15) is 36.1 Å². The van der Waals surface area contributed by atoms with Gasteiger partial charge in [-0.25, -0.2) is 8.78 Å². The summed E-state index contributed by atoms with van der Waals surface area (Å²) in [6.07, 6.45) is 2.42. The third kappa shape index (κ3) is 3.42. The maximum atomic E-state index is 13.6. The predicted octanol–water partition coefficient (Wildman–Crippen LogP) is 4.16. The van der Waals surface area contributed by atoms with E-state index >= 15 is 0 Å². The Morgan fingerprint density at radius 1 is 1.05 bits per heavy atom. The molecule has 0 fully saturated rings. The summed E-state index contributed by atoms with van der Waals surface area (Å²) in [5.41, 5.74) is 8.60. The fourth-order valence-corrected chi connectivity index (χ4v) is 2.28. The van der Waals surface area contributed by atoms with Gasteiger partial charge in [0.05, 0.1) is 0 Å². The molecule has 0 spiro atoms. The molecule has 0 radical (unpaired) electrons. The van der Waals surface area contributed by atoms with Gasteiger partial charge in [0, 0.05) is 6.04 Å². The summed E-state index contributed by atoms with van der Waals surface area (Å²) in [5.74, 6) is -1.63. The van der Waals surface area contributed by atoms with E-state index in [1.54, 1.807) is 6.07 Å². The van der Waals surface area contributed by atoms with Crippen molar-refractivity contribution in [1.82, 2.24) is 0 Å². The molecule has 0 bridgehead atoms. The van der Waals surface area contributed by atoms with Gasteiger partial charge >= 0.3 is 0 Å². The first-order valence-electron chi connectivity index (χ1n) is 6.89. The van der Waals surface area contributed by atoms with Crippen LogP contribution in [0.2, 0.25) is 0 Å². The lowest BCUT2D eigenvalue weighted by molar-refractivity contribution is 0.494. The molecule has 3 heteroatoms. The molecule has 0 heterocycles. The average Bonchev–Trinajstić information content (AvgIpc) is 2.45. The maximum Gasteiger partial charge on any atom is 0.162 e. The first kappa shape index (κ1) is 14.7. The molecule has 0 saturated carbocycles. The molecule has 0 aliphatic rings. The van der Waals surface area contributed by atoms with Gasteiger partial charge in [-0.05, 0) is 35.6 Å². The molecule has 20 heavy (non-hydrogen) atoms. The molecular formula is C17H19F2N. The van der Waals surface area contributed by atoms with Crippen LogP contribution < -0.4 is 5.73 Å². The lowest BCUT2D eigenvalue weighted by atomic mass is 9.97. The van der Waals surface area contributed by atoms with Gasteiger partial charge in [-0.1, -0.05) is 49.7 Å². The van der Waals surface area contributed by atoms with E-state index in [0.29, 0.717) is 5.56 Å². The van der Waals surface area contributed by atoms with E-state index in [1.807, 2.05) is 24.3 Å². The Kier molecular flexibility index (Phi) is 4.85. The Bertz CT molecular complexity index is 564. The monoisotopic (exact) mass is 275 g/mol. The summed E-state index contributed by atoms with van der Waals surface area (Å²) >= 11 is 0. The molecule has 2 rings (SSSR count). The standard InChI is InChI=1S/C17H19F2N/c1-2-4-12-7-9-13(10-8-12)16(20)11-14-5-3-6-15(18)17(14)19/h3,5-10,16H,2,4,11,20H2,1H3. The second kappa shape index (κ2) is 6.62. The van der Waals surface area contributed by atoms with Crippen molar-refractivity contribution < 1.29 is 8.78 Å². The minimum atomic E-state index is -0.826. The van der Waals surface area contributed by atoms with E-state index < -0.39 is 11.6 Å². The van der Waals surface area contributed by atoms with E-state index in [-0.39, 0.29) is 12.5 Å². The van der Waals surface area contributed by atoms with Crippen molar-refractivity contribution in [3.8, 4) is 0 Å². The number of hydrogen-bond donors (Lipinski definition) is 1. The SMILES string of the molecule is CCCc1ccc(C(N)Cc2cccc(F)c2F)cc1. The fraction of sp³-hybridized carbons (Fsp3) is 0.294. The van der Waals surface area contributed by atoms with Crippen LogP contribution in [0.4, 0.5) is 8.78 Å². The fourth-order valence-electron chi connectivity index (χ4n) is 2.28. The first-order chi connectivity index (χ1) is 9.61. The number of benzene rings is 2. The van der Waals surface area contributed by atoms with Gasteiger partial charge in [-0.2, -0.15) is 0 Å². The highest BCUT2D eigenvalue weighted by molar-refractivity contribution is 5.28. The summed E-state index contributed by atoms with van der Waals surface area (Å²) in [4.78, 5) is 0. The molecule has 2 N–H and O–H groups in total. The number of nitrogens with two attached hydrogens (primary N) is 1. The Morgan fingerprint density at radius 2 is 1.75 bits per heavy atom. The normalized spacial score (nSPS) is 12.4. The molecule has 1 unspecified atom stereocenters. The quantitative estimate of drug-likeness (QED) is 0.871. The zero-order valence-corrected chi connectivity index (χ0v) is 11.6. The lowest BCUT2D eigenvalue weighted by Crippen LogP contribution is -2.14. The molecule has 0 saturated heterocycles. The molecule has 2 aromatic rings. The molecule has 1 nitrogen and oxygen atoms in total. The molecule has 1 atom stereocenters. The second-order valence-corrected chi connectivity index (χ2v) is 5.02. The highest BCUT2D eigenvalue weighted by Crippen LogP contribution is 2.20. The predicted molar refractivity (Wildman–Crippen MR) is 77.4 cm³/mol. The van der Waals surface area contributed by atoms with Crippen LogP contribution in [-0.4, -0.2) is 0 Å². The molecule has 0 aliphatic carbocycles. The van der Waals surface area contributed by atoms with Crippen LogP contribution in [0.25, 0.3) is 0 Å². The van der Waals surface area contributed by atoms with E-state index in [4.69, 9.17) is 5.73 Å². The van der Waals surface area contributed by atoms with E-state index in [0.717, 1.165) is 24.5 Å². The molecule has 0 amide bonds. The van der Waals surface area contributed by atoms with Crippen molar-refractivity contribution in [3.63, 3.8) is 0 Å². The number of aryl methyl sites for hydroxylation is 1. The molecule has 0 aromatic heterocycles. The van der Waals surface area contributed by atoms with Gasteiger partial charge in [-0.3, -0.25) is 0 Å². The molecule has 2 aromatic carbocycles. The minimum Gasteiger partial charge on any atom is -0.324 e. The Morgan fingerprint density at radius 3 is 2.40 bits per heavy atom. The average molecular weight is 275 g/mol.